The molecular formula is C19H29N3O3. The van der Waals surface area contributed by atoms with Crippen molar-refractivity contribution in [3.8, 4) is 5.75 Å². The Morgan fingerprint density at radius 1 is 1.32 bits per heavy atom. The van der Waals surface area contributed by atoms with Gasteiger partial charge in [0.1, 0.15) is 11.8 Å². The third-order valence-corrected chi connectivity index (χ3v) is 4.45. The van der Waals surface area contributed by atoms with Crippen molar-refractivity contribution < 1.29 is 14.3 Å². The van der Waals surface area contributed by atoms with Gasteiger partial charge in [0.25, 0.3) is 0 Å². The third kappa shape index (κ3) is 6.74. The number of carbonyl (C=O) groups excluding carboxylic acids is 2. The van der Waals surface area contributed by atoms with E-state index >= 15 is 0 Å². The Bertz CT molecular complexity index is 560. The van der Waals surface area contributed by atoms with Crippen molar-refractivity contribution in [2.24, 2.45) is 0 Å². The summed E-state index contributed by atoms with van der Waals surface area (Å²) in [7, 11) is 3.59. The van der Waals surface area contributed by atoms with Crippen molar-refractivity contribution in [3.05, 3.63) is 29.8 Å². The number of likely N-dealkylation sites (N-methyl/N-ethyl adjacent to an activating group) is 1. The van der Waals surface area contributed by atoms with Crippen molar-refractivity contribution in [2.75, 3.05) is 33.8 Å². The van der Waals surface area contributed by atoms with Crippen LogP contribution in [0, 0.1) is 0 Å². The SMILES string of the molecule is COc1ccc(CCCN(C)CC(=O)NC2CCCCNC2=O)cc1. The average molecular weight is 347 g/mol. The maximum absolute atomic E-state index is 12.1. The Labute approximate surface area is 149 Å². The number of nitrogens with one attached hydrogen (secondary N) is 2. The Morgan fingerprint density at radius 2 is 2.08 bits per heavy atom. The van der Waals surface area contributed by atoms with Gasteiger partial charge in [-0.05, 0) is 63.4 Å². The van der Waals surface area contributed by atoms with E-state index in [1.165, 1.54) is 5.56 Å². The van der Waals surface area contributed by atoms with E-state index in [2.05, 4.69) is 22.8 Å². The number of amides is 2. The first-order chi connectivity index (χ1) is 12.1. The number of benzene rings is 1. The first kappa shape index (κ1) is 19.2. The van der Waals surface area contributed by atoms with Crippen LogP contribution in [-0.4, -0.2) is 56.5 Å². The summed E-state index contributed by atoms with van der Waals surface area (Å²) in [6.07, 6.45) is 4.59. The summed E-state index contributed by atoms with van der Waals surface area (Å²) < 4.78 is 5.15. The zero-order valence-electron chi connectivity index (χ0n) is 15.2. The van der Waals surface area contributed by atoms with Crippen molar-refractivity contribution in [3.63, 3.8) is 0 Å². The molecule has 1 heterocycles. The van der Waals surface area contributed by atoms with Crippen LogP contribution in [0.4, 0.5) is 0 Å². The molecule has 1 unspecified atom stereocenters. The van der Waals surface area contributed by atoms with Gasteiger partial charge in [0.2, 0.25) is 11.8 Å². The molecule has 1 saturated heterocycles. The molecule has 0 aromatic heterocycles. The molecular weight excluding hydrogens is 318 g/mol. The van der Waals surface area contributed by atoms with Crippen LogP contribution in [-0.2, 0) is 16.0 Å². The smallest absolute Gasteiger partial charge is 0.242 e. The highest BCUT2D eigenvalue weighted by Crippen LogP contribution is 2.12. The van der Waals surface area contributed by atoms with E-state index in [1.54, 1.807) is 7.11 Å². The number of hydrogen-bond acceptors (Lipinski definition) is 4. The van der Waals surface area contributed by atoms with E-state index in [0.717, 1.165) is 44.4 Å². The van der Waals surface area contributed by atoms with Gasteiger partial charge >= 0.3 is 0 Å². The topological polar surface area (TPSA) is 70.7 Å². The van der Waals surface area contributed by atoms with E-state index in [-0.39, 0.29) is 17.9 Å². The van der Waals surface area contributed by atoms with Gasteiger partial charge in [-0.25, -0.2) is 0 Å². The zero-order valence-corrected chi connectivity index (χ0v) is 15.2. The van der Waals surface area contributed by atoms with Gasteiger partial charge in [-0.1, -0.05) is 12.1 Å². The minimum atomic E-state index is -0.386. The predicted molar refractivity (Wildman–Crippen MR) is 97.6 cm³/mol. The second-order valence-electron chi connectivity index (χ2n) is 6.60. The molecule has 2 rings (SSSR count). The van der Waals surface area contributed by atoms with Crippen LogP contribution in [0.2, 0.25) is 0 Å². The molecule has 0 saturated carbocycles. The van der Waals surface area contributed by atoms with Crippen molar-refractivity contribution >= 4 is 11.8 Å². The van der Waals surface area contributed by atoms with Crippen molar-refractivity contribution in [1.29, 1.82) is 0 Å². The summed E-state index contributed by atoms with van der Waals surface area (Å²) in [5, 5.41) is 5.69. The van der Waals surface area contributed by atoms with Crippen LogP contribution < -0.4 is 15.4 Å². The molecule has 0 radical (unpaired) electrons. The molecule has 1 aliphatic heterocycles. The van der Waals surface area contributed by atoms with Gasteiger partial charge in [0.15, 0.2) is 0 Å². The maximum atomic E-state index is 12.1. The second kappa shape index (κ2) is 10.0. The zero-order chi connectivity index (χ0) is 18.1. The number of carbonyl (C=O) groups is 2. The number of ether oxygens (including phenoxy) is 1. The van der Waals surface area contributed by atoms with Crippen LogP contribution in [0.3, 0.4) is 0 Å². The lowest BCUT2D eigenvalue weighted by Crippen LogP contribution is -2.48. The molecule has 6 nitrogen and oxygen atoms in total. The molecule has 1 aliphatic rings. The molecule has 2 amide bonds. The lowest BCUT2D eigenvalue weighted by atomic mass is 10.1. The first-order valence-electron chi connectivity index (χ1n) is 8.97. The summed E-state index contributed by atoms with van der Waals surface area (Å²) in [5.41, 5.74) is 1.26. The Kier molecular flexibility index (Phi) is 7.73. The molecule has 138 valence electrons. The standard InChI is InChI=1S/C19H29N3O3/c1-22(13-5-6-15-8-10-16(25-2)11-9-15)14-18(23)21-17-7-3-4-12-20-19(17)24/h8-11,17H,3-7,12-14H2,1-2H3,(H,20,24)(H,21,23). The average Bonchev–Trinajstić information content (AvgIpc) is 2.80. The Balaban J connectivity index is 1.67. The predicted octanol–water partition coefficient (Wildman–Crippen LogP) is 1.34. The molecule has 0 aliphatic carbocycles. The van der Waals surface area contributed by atoms with E-state index in [9.17, 15) is 9.59 Å². The molecule has 1 aromatic rings. The van der Waals surface area contributed by atoms with Crippen LogP contribution in [0.1, 0.15) is 31.2 Å². The largest absolute Gasteiger partial charge is 0.497 e. The van der Waals surface area contributed by atoms with E-state index < -0.39 is 0 Å². The lowest BCUT2D eigenvalue weighted by Gasteiger charge is -2.19. The van der Waals surface area contributed by atoms with Crippen LogP contribution in [0.5, 0.6) is 5.75 Å². The fraction of sp³-hybridized carbons (Fsp3) is 0.579. The number of aryl methyl sites for hydroxylation is 1. The molecule has 1 atom stereocenters. The summed E-state index contributed by atoms with van der Waals surface area (Å²) in [5.74, 6) is 0.710. The van der Waals surface area contributed by atoms with E-state index in [0.29, 0.717) is 13.1 Å². The molecule has 0 spiro atoms. The number of nitrogens with zero attached hydrogens (tertiary/aromatic N) is 1. The fourth-order valence-corrected chi connectivity index (χ4v) is 2.99. The fourth-order valence-electron chi connectivity index (χ4n) is 2.99. The van der Waals surface area contributed by atoms with Crippen molar-refractivity contribution in [2.45, 2.75) is 38.1 Å². The maximum Gasteiger partial charge on any atom is 0.242 e. The highest BCUT2D eigenvalue weighted by Gasteiger charge is 2.22. The summed E-state index contributed by atoms with van der Waals surface area (Å²) in [6.45, 7) is 1.85. The molecule has 25 heavy (non-hydrogen) atoms. The van der Waals surface area contributed by atoms with Crippen LogP contribution in [0.15, 0.2) is 24.3 Å². The van der Waals surface area contributed by atoms with Gasteiger partial charge in [0.05, 0.1) is 13.7 Å². The van der Waals surface area contributed by atoms with Gasteiger partial charge in [-0.2, -0.15) is 0 Å². The summed E-state index contributed by atoms with van der Waals surface area (Å²) in [6, 6.07) is 7.67. The highest BCUT2D eigenvalue weighted by molar-refractivity contribution is 5.88. The third-order valence-electron chi connectivity index (χ3n) is 4.45. The highest BCUT2D eigenvalue weighted by atomic mass is 16.5. The summed E-state index contributed by atoms with van der Waals surface area (Å²) in [4.78, 5) is 26.0. The molecule has 1 aromatic carbocycles. The van der Waals surface area contributed by atoms with Gasteiger partial charge in [0, 0.05) is 6.54 Å². The minimum Gasteiger partial charge on any atom is -0.497 e. The summed E-state index contributed by atoms with van der Waals surface area (Å²) >= 11 is 0. The van der Waals surface area contributed by atoms with Crippen molar-refractivity contribution in [1.82, 2.24) is 15.5 Å². The molecule has 0 bridgehead atoms. The second-order valence-corrected chi connectivity index (χ2v) is 6.60. The van der Waals surface area contributed by atoms with Crippen LogP contribution >= 0.6 is 0 Å². The van der Waals surface area contributed by atoms with Gasteiger partial charge in [-0.15, -0.1) is 0 Å². The molecule has 6 heteroatoms. The quantitative estimate of drug-likeness (QED) is 0.745. The number of rotatable bonds is 8. The molecule has 1 fully saturated rings. The van der Waals surface area contributed by atoms with E-state index in [4.69, 9.17) is 4.74 Å². The number of hydrogen-bond donors (Lipinski definition) is 2. The normalized spacial score (nSPS) is 17.7. The monoisotopic (exact) mass is 347 g/mol. The number of methoxy groups -OCH3 is 1. The Hall–Kier alpha value is -2.08. The Morgan fingerprint density at radius 3 is 2.80 bits per heavy atom. The molecule has 2 N–H and O–H groups in total. The van der Waals surface area contributed by atoms with Gasteiger partial charge in [-0.3, -0.25) is 14.5 Å². The van der Waals surface area contributed by atoms with E-state index in [1.807, 2.05) is 24.1 Å². The minimum absolute atomic E-state index is 0.0620. The first-order valence-corrected chi connectivity index (χ1v) is 8.97. The van der Waals surface area contributed by atoms with Gasteiger partial charge < -0.3 is 15.4 Å². The lowest BCUT2D eigenvalue weighted by molar-refractivity contribution is -0.129. The van der Waals surface area contributed by atoms with Crippen LogP contribution in [0.25, 0.3) is 0 Å².